The van der Waals surface area contributed by atoms with Gasteiger partial charge in [0.25, 0.3) is 0 Å². The number of rotatable bonds is 2. The molecule has 0 aliphatic rings. The summed E-state index contributed by atoms with van der Waals surface area (Å²) >= 11 is 0. The summed E-state index contributed by atoms with van der Waals surface area (Å²) in [5.41, 5.74) is 8.99. The van der Waals surface area contributed by atoms with E-state index in [1.807, 2.05) is 19.1 Å². The van der Waals surface area contributed by atoms with Gasteiger partial charge in [0.05, 0.1) is 5.54 Å². The second-order valence-corrected chi connectivity index (χ2v) is 4.20. The molecule has 0 bridgehead atoms. The third-order valence-corrected chi connectivity index (χ3v) is 2.78. The highest BCUT2D eigenvalue weighted by molar-refractivity contribution is 5.36. The largest absolute Gasteiger partial charge is 0.318 e. The Morgan fingerprint density at radius 2 is 1.81 bits per heavy atom. The predicted octanol–water partition coefficient (Wildman–Crippen LogP) is 2.01. The van der Waals surface area contributed by atoms with E-state index >= 15 is 0 Å². The molecule has 0 spiro atoms. The molecule has 3 heteroatoms. The normalized spacial score (nSPS) is 14.4. The van der Waals surface area contributed by atoms with Gasteiger partial charge >= 0.3 is 0 Å². The van der Waals surface area contributed by atoms with Crippen LogP contribution >= 0.6 is 0 Å². The van der Waals surface area contributed by atoms with Gasteiger partial charge in [0, 0.05) is 18.0 Å². The van der Waals surface area contributed by atoms with Crippen LogP contribution in [-0.4, -0.2) is 9.97 Å². The molecule has 0 fully saturated rings. The number of nitrogens with zero attached hydrogens (tertiary/aromatic N) is 2. The highest BCUT2D eigenvalue weighted by atomic mass is 14.8. The standard InChI is InChI=1S/C13H15N3/c1-10-4-3-5-11(6-10)13(2,14)12-7-15-9-16-8-12/h3-9H,14H2,1-2H3. The van der Waals surface area contributed by atoms with Crippen molar-refractivity contribution in [1.29, 1.82) is 0 Å². The van der Waals surface area contributed by atoms with Crippen LogP contribution in [0.25, 0.3) is 0 Å². The molecule has 0 saturated carbocycles. The number of hydrogen-bond donors (Lipinski definition) is 1. The SMILES string of the molecule is Cc1cccc(C(C)(N)c2cncnc2)c1. The molecule has 0 radical (unpaired) electrons. The van der Waals surface area contributed by atoms with Crippen LogP contribution in [0, 0.1) is 6.92 Å². The van der Waals surface area contributed by atoms with E-state index in [2.05, 4.69) is 29.0 Å². The highest BCUT2D eigenvalue weighted by Crippen LogP contribution is 2.25. The second-order valence-electron chi connectivity index (χ2n) is 4.20. The molecule has 0 aliphatic carbocycles. The maximum absolute atomic E-state index is 6.35. The molecule has 2 aromatic rings. The molecule has 1 aromatic carbocycles. The molecule has 2 rings (SSSR count). The first-order chi connectivity index (χ1) is 7.60. The first kappa shape index (κ1) is 10.8. The Labute approximate surface area is 95.4 Å². The summed E-state index contributed by atoms with van der Waals surface area (Å²) in [6.07, 6.45) is 5.03. The van der Waals surface area contributed by atoms with Gasteiger partial charge in [0.1, 0.15) is 6.33 Å². The Balaban J connectivity index is 2.47. The summed E-state index contributed by atoms with van der Waals surface area (Å²) in [6.45, 7) is 4.03. The highest BCUT2D eigenvalue weighted by Gasteiger charge is 2.24. The van der Waals surface area contributed by atoms with E-state index in [9.17, 15) is 0 Å². The molecular weight excluding hydrogens is 198 g/mol. The first-order valence-corrected chi connectivity index (χ1v) is 5.22. The van der Waals surface area contributed by atoms with Crippen molar-refractivity contribution in [1.82, 2.24) is 9.97 Å². The molecular formula is C13H15N3. The van der Waals surface area contributed by atoms with Crippen molar-refractivity contribution in [3.63, 3.8) is 0 Å². The summed E-state index contributed by atoms with van der Waals surface area (Å²) in [4.78, 5) is 8.02. The molecule has 0 aliphatic heterocycles. The Morgan fingerprint density at radius 1 is 1.12 bits per heavy atom. The molecule has 1 aromatic heterocycles. The molecule has 1 heterocycles. The van der Waals surface area contributed by atoms with Gasteiger partial charge in [-0.1, -0.05) is 29.8 Å². The third kappa shape index (κ3) is 1.95. The van der Waals surface area contributed by atoms with Gasteiger partial charge in [-0.25, -0.2) is 9.97 Å². The van der Waals surface area contributed by atoms with E-state index in [1.165, 1.54) is 11.9 Å². The molecule has 1 atom stereocenters. The fourth-order valence-corrected chi connectivity index (χ4v) is 1.70. The van der Waals surface area contributed by atoms with Crippen LogP contribution in [0.15, 0.2) is 43.0 Å². The van der Waals surface area contributed by atoms with Crippen LogP contribution in [0.5, 0.6) is 0 Å². The lowest BCUT2D eigenvalue weighted by molar-refractivity contribution is 0.596. The van der Waals surface area contributed by atoms with Crippen molar-refractivity contribution in [2.75, 3.05) is 0 Å². The quantitative estimate of drug-likeness (QED) is 0.830. The molecule has 16 heavy (non-hydrogen) atoms. The smallest absolute Gasteiger partial charge is 0.115 e. The van der Waals surface area contributed by atoms with E-state index < -0.39 is 5.54 Å². The summed E-state index contributed by atoms with van der Waals surface area (Å²) in [5.74, 6) is 0. The van der Waals surface area contributed by atoms with E-state index in [0.717, 1.165) is 11.1 Å². The predicted molar refractivity (Wildman–Crippen MR) is 63.9 cm³/mol. The topological polar surface area (TPSA) is 51.8 Å². The third-order valence-electron chi connectivity index (χ3n) is 2.78. The minimum atomic E-state index is -0.548. The molecule has 0 amide bonds. The number of aromatic nitrogens is 2. The average Bonchev–Trinajstić information content (AvgIpc) is 2.30. The van der Waals surface area contributed by atoms with Crippen LogP contribution in [0.3, 0.4) is 0 Å². The van der Waals surface area contributed by atoms with Gasteiger partial charge in [-0.05, 0) is 19.4 Å². The lowest BCUT2D eigenvalue weighted by Gasteiger charge is -2.25. The van der Waals surface area contributed by atoms with E-state index in [4.69, 9.17) is 5.73 Å². The van der Waals surface area contributed by atoms with Gasteiger partial charge < -0.3 is 5.73 Å². The summed E-state index contributed by atoms with van der Waals surface area (Å²) < 4.78 is 0. The minimum absolute atomic E-state index is 0.548. The van der Waals surface area contributed by atoms with E-state index in [1.54, 1.807) is 12.4 Å². The summed E-state index contributed by atoms with van der Waals surface area (Å²) in [7, 11) is 0. The maximum atomic E-state index is 6.35. The van der Waals surface area contributed by atoms with Crippen LogP contribution in [-0.2, 0) is 5.54 Å². The fraction of sp³-hybridized carbons (Fsp3) is 0.231. The van der Waals surface area contributed by atoms with E-state index in [-0.39, 0.29) is 0 Å². The van der Waals surface area contributed by atoms with Crippen LogP contribution in [0.4, 0.5) is 0 Å². The van der Waals surface area contributed by atoms with Crippen LogP contribution in [0.2, 0.25) is 0 Å². The minimum Gasteiger partial charge on any atom is -0.318 e. The zero-order valence-electron chi connectivity index (χ0n) is 9.51. The van der Waals surface area contributed by atoms with Crippen molar-refractivity contribution in [2.24, 2.45) is 5.73 Å². The zero-order chi connectivity index (χ0) is 11.6. The Bertz CT molecular complexity index is 478. The van der Waals surface area contributed by atoms with Gasteiger partial charge in [-0.2, -0.15) is 0 Å². The molecule has 1 unspecified atom stereocenters. The molecule has 2 N–H and O–H groups in total. The number of hydrogen-bond acceptors (Lipinski definition) is 3. The van der Waals surface area contributed by atoms with Crippen molar-refractivity contribution in [2.45, 2.75) is 19.4 Å². The lowest BCUT2D eigenvalue weighted by Crippen LogP contribution is -2.34. The van der Waals surface area contributed by atoms with Gasteiger partial charge in [0.15, 0.2) is 0 Å². The maximum Gasteiger partial charge on any atom is 0.115 e. The number of benzene rings is 1. The van der Waals surface area contributed by atoms with Crippen LogP contribution in [0.1, 0.15) is 23.6 Å². The van der Waals surface area contributed by atoms with Crippen molar-refractivity contribution >= 4 is 0 Å². The molecule has 3 nitrogen and oxygen atoms in total. The second kappa shape index (κ2) is 4.02. The lowest BCUT2D eigenvalue weighted by atomic mass is 9.87. The van der Waals surface area contributed by atoms with Crippen molar-refractivity contribution in [3.05, 3.63) is 59.7 Å². The Morgan fingerprint density at radius 3 is 2.44 bits per heavy atom. The van der Waals surface area contributed by atoms with Gasteiger partial charge in [-0.15, -0.1) is 0 Å². The zero-order valence-corrected chi connectivity index (χ0v) is 9.51. The summed E-state index contributed by atoms with van der Waals surface area (Å²) in [6, 6.07) is 8.19. The van der Waals surface area contributed by atoms with Gasteiger partial charge in [-0.3, -0.25) is 0 Å². The average molecular weight is 213 g/mol. The molecule has 0 saturated heterocycles. The van der Waals surface area contributed by atoms with Gasteiger partial charge in [0.2, 0.25) is 0 Å². The number of nitrogens with two attached hydrogens (primary N) is 1. The summed E-state index contributed by atoms with van der Waals surface area (Å²) in [5, 5.41) is 0. The number of aryl methyl sites for hydroxylation is 1. The Kier molecular flexibility index (Phi) is 2.71. The molecule has 82 valence electrons. The van der Waals surface area contributed by atoms with Crippen LogP contribution < -0.4 is 5.73 Å². The first-order valence-electron chi connectivity index (χ1n) is 5.22. The van der Waals surface area contributed by atoms with Crippen molar-refractivity contribution < 1.29 is 0 Å². The Hall–Kier alpha value is -1.74. The van der Waals surface area contributed by atoms with E-state index in [0.29, 0.717) is 0 Å². The van der Waals surface area contributed by atoms with Crippen molar-refractivity contribution in [3.8, 4) is 0 Å². The monoisotopic (exact) mass is 213 g/mol. The fourth-order valence-electron chi connectivity index (χ4n) is 1.70.